The second kappa shape index (κ2) is 4.94. The molecule has 1 atom stereocenters. The van der Waals surface area contributed by atoms with E-state index in [1.165, 1.54) is 0 Å². The molecule has 4 heteroatoms. The fraction of sp³-hybridized carbons (Fsp3) is 0.909. The van der Waals surface area contributed by atoms with Crippen molar-refractivity contribution in [1.82, 2.24) is 10.2 Å². The van der Waals surface area contributed by atoms with Gasteiger partial charge in [0.15, 0.2) is 0 Å². The maximum Gasteiger partial charge on any atom is 0.228 e. The lowest BCUT2D eigenvalue weighted by molar-refractivity contribution is -0.139. The Balaban J connectivity index is 1.83. The Kier molecular flexibility index (Phi) is 3.59. The minimum Gasteiger partial charge on any atom is -0.396 e. The highest BCUT2D eigenvalue weighted by Gasteiger charge is 2.31. The first-order valence-electron chi connectivity index (χ1n) is 5.91. The van der Waals surface area contributed by atoms with Gasteiger partial charge in [-0.15, -0.1) is 0 Å². The first-order valence-corrected chi connectivity index (χ1v) is 5.91. The summed E-state index contributed by atoms with van der Waals surface area (Å²) >= 11 is 0. The summed E-state index contributed by atoms with van der Waals surface area (Å²) in [5.74, 6) is 1.05. The number of nitrogens with zero attached hydrogens (tertiary/aromatic N) is 1. The fourth-order valence-electron chi connectivity index (χ4n) is 2.40. The molecule has 0 spiro atoms. The summed E-state index contributed by atoms with van der Waals surface area (Å²) in [6.45, 7) is 3.71. The summed E-state index contributed by atoms with van der Waals surface area (Å²) in [5.41, 5.74) is 0. The van der Waals surface area contributed by atoms with Gasteiger partial charge in [0.1, 0.15) is 0 Å². The molecule has 2 aliphatic rings. The van der Waals surface area contributed by atoms with Crippen molar-refractivity contribution in [1.29, 1.82) is 0 Å². The molecule has 0 aromatic rings. The van der Waals surface area contributed by atoms with Gasteiger partial charge in [-0.05, 0) is 25.2 Å². The van der Waals surface area contributed by atoms with Crippen LogP contribution in [0.2, 0.25) is 0 Å². The predicted molar refractivity (Wildman–Crippen MR) is 57.4 cm³/mol. The molecule has 0 saturated carbocycles. The lowest BCUT2D eigenvalue weighted by atomic mass is 9.93. The van der Waals surface area contributed by atoms with Crippen LogP contribution in [0.5, 0.6) is 0 Å². The molecule has 15 heavy (non-hydrogen) atoms. The summed E-state index contributed by atoms with van der Waals surface area (Å²) in [6.07, 6.45) is 3.09. The van der Waals surface area contributed by atoms with Crippen LogP contribution in [0.25, 0.3) is 0 Å². The smallest absolute Gasteiger partial charge is 0.228 e. The standard InChI is InChI=1S/C11H20N2O2/c14-5-3-9-2-1-4-13(8-9)11(15)10-6-12-7-10/h9-10,12,14H,1-8H2. The Hall–Kier alpha value is -0.610. The molecule has 2 aliphatic heterocycles. The number of nitrogens with one attached hydrogen (secondary N) is 1. The number of aliphatic hydroxyl groups excluding tert-OH is 1. The number of amides is 1. The number of likely N-dealkylation sites (tertiary alicyclic amines) is 1. The molecular weight excluding hydrogens is 192 g/mol. The van der Waals surface area contributed by atoms with Gasteiger partial charge in [0.2, 0.25) is 5.91 Å². The molecule has 1 unspecified atom stereocenters. The molecule has 2 N–H and O–H groups in total. The van der Waals surface area contributed by atoms with Crippen LogP contribution in [0.15, 0.2) is 0 Å². The van der Waals surface area contributed by atoms with E-state index in [2.05, 4.69) is 5.32 Å². The van der Waals surface area contributed by atoms with Gasteiger partial charge in [-0.3, -0.25) is 4.79 Å². The summed E-state index contributed by atoms with van der Waals surface area (Å²) in [4.78, 5) is 13.9. The second-order valence-electron chi connectivity index (χ2n) is 4.66. The van der Waals surface area contributed by atoms with Crippen molar-refractivity contribution in [3.8, 4) is 0 Å². The number of carbonyl (C=O) groups is 1. The van der Waals surface area contributed by atoms with E-state index in [4.69, 9.17) is 5.11 Å². The number of aliphatic hydroxyl groups is 1. The van der Waals surface area contributed by atoms with Crippen LogP contribution in [0.4, 0.5) is 0 Å². The van der Waals surface area contributed by atoms with Gasteiger partial charge in [-0.1, -0.05) is 0 Å². The minimum absolute atomic E-state index is 0.220. The van der Waals surface area contributed by atoms with E-state index in [0.29, 0.717) is 11.8 Å². The molecule has 0 aromatic carbocycles. The van der Waals surface area contributed by atoms with E-state index in [-0.39, 0.29) is 12.5 Å². The number of piperidine rings is 1. The monoisotopic (exact) mass is 212 g/mol. The molecule has 2 rings (SSSR count). The number of rotatable bonds is 3. The van der Waals surface area contributed by atoms with Crippen LogP contribution in [-0.4, -0.2) is 48.7 Å². The van der Waals surface area contributed by atoms with E-state index < -0.39 is 0 Å². The lowest BCUT2D eigenvalue weighted by Gasteiger charge is -2.37. The third-order valence-corrected chi connectivity index (χ3v) is 3.50. The molecule has 0 aromatic heterocycles. The SMILES string of the molecule is O=C(C1CNC1)N1CCCC(CCO)C1. The minimum atomic E-state index is 0.220. The highest BCUT2D eigenvalue weighted by molar-refractivity contribution is 5.80. The average molecular weight is 212 g/mol. The van der Waals surface area contributed by atoms with Crippen molar-refractivity contribution in [2.24, 2.45) is 11.8 Å². The third-order valence-electron chi connectivity index (χ3n) is 3.50. The summed E-state index contributed by atoms with van der Waals surface area (Å²) in [5, 5.41) is 12.0. The summed E-state index contributed by atoms with van der Waals surface area (Å²) < 4.78 is 0. The van der Waals surface area contributed by atoms with Gasteiger partial charge < -0.3 is 15.3 Å². The van der Waals surface area contributed by atoms with Gasteiger partial charge in [-0.2, -0.15) is 0 Å². The maximum atomic E-state index is 12.0. The lowest BCUT2D eigenvalue weighted by Crippen LogP contribution is -2.53. The van der Waals surface area contributed by atoms with Crippen molar-refractivity contribution in [2.45, 2.75) is 19.3 Å². The van der Waals surface area contributed by atoms with Crippen LogP contribution in [0.1, 0.15) is 19.3 Å². The van der Waals surface area contributed by atoms with E-state index in [9.17, 15) is 4.79 Å². The first-order chi connectivity index (χ1) is 7.31. The van der Waals surface area contributed by atoms with Crippen molar-refractivity contribution in [3.63, 3.8) is 0 Å². The van der Waals surface area contributed by atoms with Gasteiger partial charge in [-0.25, -0.2) is 0 Å². The zero-order valence-corrected chi connectivity index (χ0v) is 9.11. The molecule has 86 valence electrons. The Labute approximate surface area is 90.6 Å². The van der Waals surface area contributed by atoms with Crippen molar-refractivity contribution < 1.29 is 9.90 Å². The van der Waals surface area contributed by atoms with Crippen molar-refractivity contribution in [2.75, 3.05) is 32.8 Å². The highest BCUT2D eigenvalue weighted by Crippen LogP contribution is 2.21. The van der Waals surface area contributed by atoms with E-state index >= 15 is 0 Å². The topological polar surface area (TPSA) is 52.6 Å². The molecule has 1 amide bonds. The average Bonchev–Trinajstić information content (AvgIpc) is 2.16. The van der Waals surface area contributed by atoms with Crippen molar-refractivity contribution in [3.05, 3.63) is 0 Å². The third kappa shape index (κ3) is 2.49. The first kappa shape index (κ1) is 10.9. The summed E-state index contributed by atoms with van der Waals surface area (Å²) in [7, 11) is 0. The molecular formula is C11H20N2O2. The molecule has 0 bridgehead atoms. The van der Waals surface area contributed by atoms with E-state index in [1.54, 1.807) is 0 Å². The Morgan fingerprint density at radius 3 is 2.87 bits per heavy atom. The number of hydrogen-bond acceptors (Lipinski definition) is 3. The van der Waals surface area contributed by atoms with Gasteiger partial charge in [0.25, 0.3) is 0 Å². The van der Waals surface area contributed by atoms with Crippen LogP contribution >= 0.6 is 0 Å². The maximum absolute atomic E-state index is 12.0. The second-order valence-corrected chi connectivity index (χ2v) is 4.66. The molecule has 2 fully saturated rings. The molecule has 2 heterocycles. The number of hydrogen-bond donors (Lipinski definition) is 2. The van der Waals surface area contributed by atoms with Crippen LogP contribution < -0.4 is 5.32 Å². The van der Waals surface area contributed by atoms with Crippen molar-refractivity contribution >= 4 is 5.91 Å². The van der Waals surface area contributed by atoms with Crippen LogP contribution in [0.3, 0.4) is 0 Å². The highest BCUT2D eigenvalue weighted by atomic mass is 16.3. The van der Waals surface area contributed by atoms with E-state index in [1.807, 2.05) is 4.90 Å². The largest absolute Gasteiger partial charge is 0.396 e. The fourth-order valence-corrected chi connectivity index (χ4v) is 2.40. The normalized spacial score (nSPS) is 27.5. The van der Waals surface area contributed by atoms with Gasteiger partial charge in [0.05, 0.1) is 5.92 Å². The Morgan fingerprint density at radius 1 is 1.47 bits per heavy atom. The Morgan fingerprint density at radius 2 is 2.27 bits per heavy atom. The van der Waals surface area contributed by atoms with Gasteiger partial charge in [0, 0.05) is 32.8 Å². The molecule has 4 nitrogen and oxygen atoms in total. The number of carbonyl (C=O) groups excluding carboxylic acids is 1. The summed E-state index contributed by atoms with van der Waals surface area (Å²) in [6, 6.07) is 0. The zero-order chi connectivity index (χ0) is 10.7. The van der Waals surface area contributed by atoms with Gasteiger partial charge >= 0.3 is 0 Å². The van der Waals surface area contributed by atoms with Crippen LogP contribution in [-0.2, 0) is 4.79 Å². The quantitative estimate of drug-likeness (QED) is 0.683. The molecule has 0 aliphatic carbocycles. The molecule has 0 radical (unpaired) electrons. The predicted octanol–water partition coefficient (Wildman–Crippen LogP) is -0.173. The molecule has 2 saturated heterocycles. The zero-order valence-electron chi connectivity index (χ0n) is 9.11. The van der Waals surface area contributed by atoms with E-state index in [0.717, 1.165) is 45.4 Å². The Bertz CT molecular complexity index is 227. The van der Waals surface area contributed by atoms with Crippen LogP contribution in [0, 0.1) is 11.8 Å².